The molecule has 0 radical (unpaired) electrons. The number of amides is 1. The Balaban J connectivity index is 1.90. The molecule has 1 aliphatic carbocycles. The summed E-state index contributed by atoms with van der Waals surface area (Å²) in [7, 11) is 1.37. The van der Waals surface area contributed by atoms with E-state index in [1.807, 2.05) is 13.8 Å². The summed E-state index contributed by atoms with van der Waals surface area (Å²) in [5, 5.41) is 14.3. The van der Waals surface area contributed by atoms with E-state index in [0.717, 1.165) is 12.8 Å². The fourth-order valence-electron chi connectivity index (χ4n) is 3.01. The Morgan fingerprint density at radius 1 is 1.22 bits per heavy atom. The maximum absolute atomic E-state index is 14.0. The first-order valence-corrected chi connectivity index (χ1v) is 10.5. The minimum Gasteiger partial charge on any atom is -0.494 e. The average molecular weight is 446 g/mol. The average Bonchev–Trinajstić information content (AvgIpc) is 3.58. The van der Waals surface area contributed by atoms with Crippen molar-refractivity contribution in [1.82, 2.24) is 5.32 Å². The standard InChI is InChI=1S/C23H27FN2O6/c1-14(2)12-31-20-9-7-18(26(28)29)22(32-13-15-4-5-15)21(20)23(27)25-11-16-6-8-19(30-3)17(24)10-16/h6-10,14-15H,4-5,11-13H2,1-3H3,(H,25,27). The Kier molecular flexibility index (Phi) is 7.50. The first kappa shape index (κ1) is 23.3. The van der Waals surface area contributed by atoms with Crippen LogP contribution in [0.1, 0.15) is 42.6 Å². The molecule has 9 heteroatoms. The Morgan fingerprint density at radius 2 is 1.94 bits per heavy atom. The van der Waals surface area contributed by atoms with Crippen LogP contribution in [0.3, 0.4) is 0 Å². The summed E-state index contributed by atoms with van der Waals surface area (Å²) in [6, 6.07) is 7.04. The maximum Gasteiger partial charge on any atom is 0.312 e. The quantitative estimate of drug-likeness (QED) is 0.403. The molecular weight excluding hydrogens is 419 g/mol. The van der Waals surface area contributed by atoms with Crippen molar-refractivity contribution in [3.8, 4) is 17.2 Å². The lowest BCUT2D eigenvalue weighted by atomic mass is 10.1. The van der Waals surface area contributed by atoms with E-state index >= 15 is 0 Å². The number of carbonyl (C=O) groups is 1. The molecule has 0 atom stereocenters. The van der Waals surface area contributed by atoms with Crippen LogP contribution >= 0.6 is 0 Å². The van der Waals surface area contributed by atoms with E-state index < -0.39 is 16.6 Å². The Morgan fingerprint density at radius 3 is 2.53 bits per heavy atom. The lowest BCUT2D eigenvalue weighted by Crippen LogP contribution is -2.25. The molecule has 0 bridgehead atoms. The fraction of sp³-hybridized carbons (Fsp3) is 0.435. The van der Waals surface area contributed by atoms with Crippen LogP contribution in [0, 0.1) is 27.8 Å². The summed E-state index contributed by atoms with van der Waals surface area (Å²) in [4.78, 5) is 24.2. The van der Waals surface area contributed by atoms with Gasteiger partial charge in [-0.05, 0) is 48.4 Å². The Bertz CT molecular complexity index is 991. The third-order valence-electron chi connectivity index (χ3n) is 4.92. The van der Waals surface area contributed by atoms with Gasteiger partial charge in [-0.25, -0.2) is 4.39 Å². The van der Waals surface area contributed by atoms with E-state index in [0.29, 0.717) is 24.7 Å². The van der Waals surface area contributed by atoms with Crippen LogP contribution in [0.2, 0.25) is 0 Å². The van der Waals surface area contributed by atoms with Gasteiger partial charge in [-0.15, -0.1) is 0 Å². The number of benzene rings is 2. The molecule has 0 unspecified atom stereocenters. The highest BCUT2D eigenvalue weighted by Crippen LogP contribution is 2.39. The van der Waals surface area contributed by atoms with Crippen molar-refractivity contribution in [2.24, 2.45) is 11.8 Å². The summed E-state index contributed by atoms with van der Waals surface area (Å²) in [5.74, 6) is -0.459. The number of rotatable bonds is 11. The highest BCUT2D eigenvalue weighted by atomic mass is 19.1. The summed E-state index contributed by atoms with van der Waals surface area (Å²) in [5.41, 5.74) is 0.171. The third kappa shape index (κ3) is 5.87. The van der Waals surface area contributed by atoms with Crippen LogP contribution in [0.5, 0.6) is 17.2 Å². The number of nitrogens with zero attached hydrogens (tertiary/aromatic N) is 1. The second-order valence-electron chi connectivity index (χ2n) is 8.15. The topological polar surface area (TPSA) is 99.9 Å². The van der Waals surface area contributed by atoms with Gasteiger partial charge < -0.3 is 19.5 Å². The molecule has 1 saturated carbocycles. The molecule has 1 amide bonds. The molecule has 2 aromatic rings. The van der Waals surface area contributed by atoms with Crippen LogP contribution in [0.4, 0.5) is 10.1 Å². The van der Waals surface area contributed by atoms with E-state index in [-0.39, 0.29) is 41.0 Å². The van der Waals surface area contributed by atoms with E-state index in [1.165, 1.54) is 31.4 Å². The van der Waals surface area contributed by atoms with Crippen molar-refractivity contribution in [2.45, 2.75) is 33.2 Å². The summed E-state index contributed by atoms with van der Waals surface area (Å²) < 4.78 is 30.4. The Labute approximate surface area is 185 Å². The number of nitrogens with one attached hydrogen (secondary N) is 1. The number of ether oxygens (including phenoxy) is 3. The van der Waals surface area contributed by atoms with Crippen molar-refractivity contribution in [3.63, 3.8) is 0 Å². The number of nitro benzene ring substituents is 1. The predicted octanol–water partition coefficient (Wildman–Crippen LogP) is 4.50. The smallest absolute Gasteiger partial charge is 0.312 e. The number of nitro groups is 1. The minimum atomic E-state index is -0.602. The molecule has 0 aromatic heterocycles. The zero-order chi connectivity index (χ0) is 23.3. The number of carbonyl (C=O) groups excluding carboxylic acids is 1. The van der Waals surface area contributed by atoms with Gasteiger partial charge in [0.1, 0.15) is 11.3 Å². The van der Waals surface area contributed by atoms with Gasteiger partial charge >= 0.3 is 5.69 Å². The van der Waals surface area contributed by atoms with Gasteiger partial charge in [0, 0.05) is 12.6 Å². The molecule has 1 N–H and O–H groups in total. The first-order chi connectivity index (χ1) is 15.3. The molecule has 0 heterocycles. The molecule has 1 fully saturated rings. The van der Waals surface area contributed by atoms with E-state index in [4.69, 9.17) is 14.2 Å². The lowest BCUT2D eigenvalue weighted by Gasteiger charge is -2.17. The molecule has 32 heavy (non-hydrogen) atoms. The van der Waals surface area contributed by atoms with Crippen LogP contribution in [0.25, 0.3) is 0 Å². The molecule has 2 aromatic carbocycles. The second-order valence-corrected chi connectivity index (χ2v) is 8.15. The third-order valence-corrected chi connectivity index (χ3v) is 4.92. The normalized spacial score (nSPS) is 13.0. The van der Waals surface area contributed by atoms with Gasteiger partial charge in [-0.1, -0.05) is 19.9 Å². The molecule has 3 rings (SSSR count). The van der Waals surface area contributed by atoms with Crippen LogP contribution in [0.15, 0.2) is 30.3 Å². The molecule has 0 spiro atoms. The number of halogens is 1. The molecule has 8 nitrogen and oxygen atoms in total. The van der Waals surface area contributed by atoms with E-state index in [2.05, 4.69) is 5.32 Å². The molecule has 172 valence electrons. The molecule has 0 aliphatic heterocycles. The van der Waals surface area contributed by atoms with Crippen LogP contribution in [-0.2, 0) is 6.54 Å². The molecule has 1 aliphatic rings. The van der Waals surface area contributed by atoms with Gasteiger partial charge in [0.05, 0.1) is 25.2 Å². The SMILES string of the molecule is COc1ccc(CNC(=O)c2c(OCC(C)C)ccc([N+](=O)[O-])c2OCC2CC2)cc1F. The fourth-order valence-corrected chi connectivity index (χ4v) is 3.01. The number of hydrogen-bond acceptors (Lipinski definition) is 6. The first-order valence-electron chi connectivity index (χ1n) is 10.5. The van der Waals surface area contributed by atoms with Gasteiger partial charge in [0.15, 0.2) is 11.6 Å². The Hall–Kier alpha value is -3.36. The lowest BCUT2D eigenvalue weighted by molar-refractivity contribution is -0.385. The molecule has 0 saturated heterocycles. The van der Waals surface area contributed by atoms with Crippen molar-refractivity contribution < 1.29 is 28.3 Å². The summed E-state index contributed by atoms with van der Waals surface area (Å²) in [6.45, 7) is 4.53. The highest BCUT2D eigenvalue weighted by molar-refractivity contribution is 6.01. The maximum atomic E-state index is 14.0. The van der Waals surface area contributed by atoms with Crippen LogP contribution < -0.4 is 19.5 Å². The minimum absolute atomic E-state index is 0.00806. The van der Waals surface area contributed by atoms with Gasteiger partial charge in [0.2, 0.25) is 5.75 Å². The zero-order valence-corrected chi connectivity index (χ0v) is 18.4. The van der Waals surface area contributed by atoms with Crippen molar-refractivity contribution in [1.29, 1.82) is 0 Å². The monoisotopic (exact) mass is 446 g/mol. The number of methoxy groups -OCH3 is 1. The highest BCUT2D eigenvalue weighted by Gasteiger charge is 2.30. The van der Waals surface area contributed by atoms with E-state index in [1.54, 1.807) is 6.07 Å². The summed E-state index contributed by atoms with van der Waals surface area (Å²) in [6.07, 6.45) is 1.98. The second kappa shape index (κ2) is 10.3. The number of hydrogen-bond donors (Lipinski definition) is 1. The van der Waals surface area contributed by atoms with Crippen LogP contribution in [-0.4, -0.2) is 31.2 Å². The van der Waals surface area contributed by atoms with E-state index in [9.17, 15) is 19.3 Å². The van der Waals surface area contributed by atoms with Crippen molar-refractivity contribution in [3.05, 3.63) is 57.4 Å². The van der Waals surface area contributed by atoms with Gasteiger partial charge in [-0.3, -0.25) is 14.9 Å². The van der Waals surface area contributed by atoms with Gasteiger partial charge in [0.25, 0.3) is 5.91 Å². The summed E-state index contributed by atoms with van der Waals surface area (Å²) >= 11 is 0. The molecular formula is C23H27FN2O6. The van der Waals surface area contributed by atoms with Crippen molar-refractivity contribution >= 4 is 11.6 Å². The largest absolute Gasteiger partial charge is 0.494 e. The zero-order valence-electron chi connectivity index (χ0n) is 18.4. The van der Waals surface area contributed by atoms with Gasteiger partial charge in [-0.2, -0.15) is 0 Å². The predicted molar refractivity (Wildman–Crippen MR) is 116 cm³/mol. The van der Waals surface area contributed by atoms with Crippen molar-refractivity contribution in [2.75, 3.05) is 20.3 Å².